The van der Waals surface area contributed by atoms with E-state index in [0.717, 1.165) is 6.07 Å². The lowest BCUT2D eigenvalue weighted by molar-refractivity contribution is -0.142. The van der Waals surface area contributed by atoms with Crippen LogP contribution in [0.5, 0.6) is 0 Å². The van der Waals surface area contributed by atoms with Crippen molar-refractivity contribution in [1.29, 1.82) is 0 Å². The highest BCUT2D eigenvalue weighted by atomic mass is 35.5. The molecule has 3 rings (SSSR count). The summed E-state index contributed by atoms with van der Waals surface area (Å²) in [6.07, 6.45) is -2.34. The Morgan fingerprint density at radius 2 is 2.00 bits per heavy atom. The Morgan fingerprint density at radius 1 is 1.26 bits per heavy atom. The maximum atomic E-state index is 13.1. The predicted octanol–water partition coefficient (Wildman–Crippen LogP) is 3.03. The molecule has 0 radical (unpaired) electrons. The lowest BCUT2D eigenvalue weighted by atomic mass is 10.3. The van der Waals surface area contributed by atoms with E-state index in [9.17, 15) is 18.0 Å². The van der Waals surface area contributed by atoms with Crippen LogP contribution in [0.15, 0.2) is 18.3 Å². The molecule has 0 bridgehead atoms. The van der Waals surface area contributed by atoms with Gasteiger partial charge in [-0.2, -0.15) is 23.4 Å². The molecule has 0 saturated heterocycles. The zero-order valence-electron chi connectivity index (χ0n) is 14.5. The van der Waals surface area contributed by atoms with E-state index in [1.54, 1.807) is 17.8 Å². The van der Waals surface area contributed by atoms with Crippen LogP contribution >= 0.6 is 11.6 Å². The Morgan fingerprint density at radius 3 is 2.63 bits per heavy atom. The van der Waals surface area contributed by atoms with Gasteiger partial charge in [-0.05, 0) is 26.3 Å². The zero-order chi connectivity index (χ0) is 19.8. The van der Waals surface area contributed by atoms with Crippen LogP contribution in [0.4, 0.5) is 13.2 Å². The summed E-state index contributed by atoms with van der Waals surface area (Å²) in [5.74, 6) is -0.569. The van der Waals surface area contributed by atoms with Gasteiger partial charge in [-0.3, -0.25) is 9.48 Å². The van der Waals surface area contributed by atoms with Crippen molar-refractivity contribution < 1.29 is 18.0 Å². The van der Waals surface area contributed by atoms with E-state index >= 15 is 0 Å². The molecule has 1 amide bonds. The number of hydrogen-bond acceptors (Lipinski definition) is 4. The number of aryl methyl sites for hydroxylation is 3. The second-order valence-corrected chi connectivity index (χ2v) is 6.42. The predicted molar refractivity (Wildman–Crippen MR) is 91.7 cm³/mol. The van der Waals surface area contributed by atoms with Crippen molar-refractivity contribution in [1.82, 2.24) is 29.7 Å². The van der Waals surface area contributed by atoms with Crippen LogP contribution < -0.4 is 5.32 Å². The van der Waals surface area contributed by atoms with E-state index in [1.165, 1.54) is 13.0 Å². The molecular formula is C16H16ClF3N6O. The van der Waals surface area contributed by atoms with Crippen LogP contribution in [0.25, 0.3) is 5.65 Å². The van der Waals surface area contributed by atoms with Crippen LogP contribution in [0.2, 0.25) is 5.02 Å². The summed E-state index contributed by atoms with van der Waals surface area (Å²) >= 11 is 5.92. The second-order valence-electron chi connectivity index (χ2n) is 6.02. The molecule has 0 aliphatic carbocycles. The molecule has 11 heteroatoms. The minimum atomic E-state index is -4.60. The van der Waals surface area contributed by atoms with Gasteiger partial charge < -0.3 is 5.32 Å². The van der Waals surface area contributed by atoms with Crippen molar-refractivity contribution in [2.45, 2.75) is 33.0 Å². The van der Waals surface area contributed by atoms with Gasteiger partial charge in [0.2, 0.25) is 0 Å². The molecule has 144 valence electrons. The standard InChI is InChI=1S/C16H16ClF3N6O/c1-9-6-13(16(18,19)20)26-14(22-9)7-12(24-26)15(27)21-4-3-5-25-8-11(17)10(2)23-25/h6-8H,3-5H2,1-2H3,(H,21,27). The van der Waals surface area contributed by atoms with Crippen LogP contribution in [0, 0.1) is 13.8 Å². The lowest BCUT2D eigenvalue weighted by Gasteiger charge is -2.09. The number of halogens is 4. The third kappa shape index (κ3) is 4.21. The molecule has 3 aromatic heterocycles. The first-order chi connectivity index (χ1) is 12.6. The molecule has 7 nitrogen and oxygen atoms in total. The molecule has 0 aliphatic rings. The van der Waals surface area contributed by atoms with Crippen molar-refractivity contribution in [3.63, 3.8) is 0 Å². The number of hydrogen-bond donors (Lipinski definition) is 1. The van der Waals surface area contributed by atoms with Gasteiger partial charge in [0.05, 0.1) is 10.7 Å². The van der Waals surface area contributed by atoms with Crippen molar-refractivity contribution in [3.8, 4) is 0 Å². The average Bonchev–Trinajstić information content (AvgIpc) is 3.13. The Bertz CT molecular complexity index is 975. The third-order valence-electron chi connectivity index (χ3n) is 3.81. The molecule has 0 atom stereocenters. The highest BCUT2D eigenvalue weighted by Gasteiger charge is 2.35. The quantitative estimate of drug-likeness (QED) is 0.668. The molecule has 0 aromatic carbocycles. The van der Waals surface area contributed by atoms with Gasteiger partial charge in [0.25, 0.3) is 5.91 Å². The number of carbonyl (C=O) groups excluding carboxylic acids is 1. The van der Waals surface area contributed by atoms with Crippen LogP contribution in [0.1, 0.15) is 34.0 Å². The number of fused-ring (bicyclic) bond motifs is 1. The topological polar surface area (TPSA) is 77.1 Å². The Labute approximate surface area is 157 Å². The molecule has 3 heterocycles. The summed E-state index contributed by atoms with van der Waals surface area (Å²) in [4.78, 5) is 16.2. The number of carbonyl (C=O) groups is 1. The second kappa shape index (κ2) is 7.18. The monoisotopic (exact) mass is 400 g/mol. The number of aromatic nitrogens is 5. The number of nitrogens with zero attached hydrogens (tertiary/aromatic N) is 5. The molecule has 0 spiro atoms. The Kier molecular flexibility index (Phi) is 5.09. The van der Waals surface area contributed by atoms with Crippen LogP contribution in [-0.4, -0.2) is 36.8 Å². The average molecular weight is 401 g/mol. The van der Waals surface area contributed by atoms with Crippen molar-refractivity contribution in [2.75, 3.05) is 6.54 Å². The first-order valence-corrected chi connectivity index (χ1v) is 8.45. The largest absolute Gasteiger partial charge is 0.433 e. The summed E-state index contributed by atoms with van der Waals surface area (Å²) in [7, 11) is 0. The van der Waals surface area contributed by atoms with E-state index in [-0.39, 0.29) is 17.0 Å². The number of alkyl halides is 3. The smallest absolute Gasteiger partial charge is 0.351 e. The highest BCUT2D eigenvalue weighted by molar-refractivity contribution is 6.31. The molecule has 27 heavy (non-hydrogen) atoms. The summed E-state index contributed by atoms with van der Waals surface area (Å²) in [5, 5.41) is 11.1. The fourth-order valence-corrected chi connectivity index (χ4v) is 2.71. The normalized spacial score (nSPS) is 11.9. The maximum Gasteiger partial charge on any atom is 0.433 e. The first kappa shape index (κ1) is 19.2. The summed E-state index contributed by atoms with van der Waals surface area (Å²) in [5.41, 5.74) is -0.232. The van der Waals surface area contributed by atoms with Gasteiger partial charge in [-0.15, -0.1) is 0 Å². The number of amides is 1. The molecule has 0 aliphatic heterocycles. The van der Waals surface area contributed by atoms with Crippen molar-refractivity contribution in [3.05, 3.63) is 46.1 Å². The van der Waals surface area contributed by atoms with Gasteiger partial charge in [-0.25, -0.2) is 9.50 Å². The summed E-state index contributed by atoms with van der Waals surface area (Å²) in [6.45, 7) is 4.08. The van der Waals surface area contributed by atoms with E-state index < -0.39 is 17.8 Å². The van der Waals surface area contributed by atoms with Gasteiger partial charge >= 0.3 is 6.18 Å². The van der Waals surface area contributed by atoms with Crippen LogP contribution in [0.3, 0.4) is 0 Å². The molecule has 0 unspecified atom stereocenters. The fourth-order valence-electron chi connectivity index (χ4n) is 2.55. The van der Waals surface area contributed by atoms with E-state index in [2.05, 4.69) is 20.5 Å². The first-order valence-electron chi connectivity index (χ1n) is 8.07. The SMILES string of the molecule is Cc1cc(C(F)(F)F)n2nc(C(=O)NCCCn3cc(Cl)c(C)n3)cc2n1. The Hall–Kier alpha value is -2.62. The molecule has 1 N–H and O–H groups in total. The highest BCUT2D eigenvalue weighted by Crippen LogP contribution is 2.29. The number of nitrogens with one attached hydrogen (secondary N) is 1. The van der Waals surface area contributed by atoms with Crippen molar-refractivity contribution >= 4 is 23.2 Å². The molecule has 0 fully saturated rings. The molecular weight excluding hydrogens is 385 g/mol. The van der Waals surface area contributed by atoms with Gasteiger partial charge in [0.15, 0.2) is 11.3 Å². The summed E-state index contributed by atoms with van der Waals surface area (Å²) < 4.78 is 41.7. The van der Waals surface area contributed by atoms with E-state index in [1.807, 2.05) is 0 Å². The van der Waals surface area contributed by atoms with Crippen molar-refractivity contribution in [2.24, 2.45) is 0 Å². The zero-order valence-corrected chi connectivity index (χ0v) is 15.3. The Balaban J connectivity index is 1.67. The fraction of sp³-hybridized carbons (Fsp3) is 0.375. The van der Waals surface area contributed by atoms with Gasteiger partial charge in [-0.1, -0.05) is 11.6 Å². The number of rotatable bonds is 5. The van der Waals surface area contributed by atoms with E-state index in [0.29, 0.717) is 34.7 Å². The maximum absolute atomic E-state index is 13.1. The molecule has 0 saturated carbocycles. The van der Waals surface area contributed by atoms with Crippen LogP contribution in [-0.2, 0) is 12.7 Å². The minimum absolute atomic E-state index is 0.0332. The lowest BCUT2D eigenvalue weighted by Crippen LogP contribution is -2.26. The third-order valence-corrected chi connectivity index (χ3v) is 4.19. The molecule has 3 aromatic rings. The van der Waals surface area contributed by atoms with Gasteiger partial charge in [0, 0.05) is 31.0 Å². The van der Waals surface area contributed by atoms with E-state index in [4.69, 9.17) is 11.6 Å². The summed E-state index contributed by atoms with van der Waals surface area (Å²) in [6, 6.07) is 2.12. The van der Waals surface area contributed by atoms with Gasteiger partial charge in [0.1, 0.15) is 5.69 Å². The minimum Gasteiger partial charge on any atom is -0.351 e.